The molecule has 0 bridgehead atoms. The first-order valence-corrected chi connectivity index (χ1v) is 6.85. The third-order valence-corrected chi connectivity index (χ3v) is 3.08. The van der Waals surface area contributed by atoms with Crippen LogP contribution in [0, 0.1) is 0 Å². The molecule has 3 heteroatoms. The van der Waals surface area contributed by atoms with Gasteiger partial charge in [0.25, 0.3) is 0 Å². The molecule has 0 saturated heterocycles. The van der Waals surface area contributed by atoms with Crippen molar-refractivity contribution in [1.29, 1.82) is 0 Å². The first-order chi connectivity index (χ1) is 7.86. The van der Waals surface area contributed by atoms with Gasteiger partial charge in [-0.05, 0) is 37.6 Å². The topological polar surface area (TPSA) is 21.3 Å². The predicted octanol–water partition coefficient (Wildman–Crippen LogP) is 3.27. The van der Waals surface area contributed by atoms with Crippen molar-refractivity contribution in [3.8, 4) is 0 Å². The van der Waals surface area contributed by atoms with Crippen molar-refractivity contribution in [1.82, 2.24) is 5.32 Å². The van der Waals surface area contributed by atoms with E-state index >= 15 is 0 Å². The summed E-state index contributed by atoms with van der Waals surface area (Å²) in [6.45, 7) is 7.03. The fourth-order valence-electron chi connectivity index (χ4n) is 1.31. The molecule has 0 saturated carbocycles. The molecule has 90 valence electrons. The van der Waals surface area contributed by atoms with E-state index in [1.165, 1.54) is 16.9 Å². The summed E-state index contributed by atoms with van der Waals surface area (Å²) in [7, 11) is 0. The molecule has 1 N–H and O–H groups in total. The molecule has 0 unspecified atom stereocenters. The number of ether oxygens (including phenoxy) is 1. The molecule has 0 atom stereocenters. The van der Waals surface area contributed by atoms with Gasteiger partial charge in [0.15, 0.2) is 0 Å². The van der Waals surface area contributed by atoms with Gasteiger partial charge in [0, 0.05) is 18.0 Å². The highest BCUT2D eigenvalue weighted by molar-refractivity contribution is 7.99. The Morgan fingerprint density at radius 2 is 1.94 bits per heavy atom. The number of rotatable bonds is 8. The number of nitrogens with one attached hydrogen (secondary N) is 1. The second-order valence-electron chi connectivity index (χ2n) is 3.58. The lowest BCUT2D eigenvalue weighted by Crippen LogP contribution is -2.13. The SMILES string of the molecule is CCCNCc1ccc(SCOCC)cc1. The molecule has 0 aliphatic carbocycles. The third kappa shape index (κ3) is 5.54. The fraction of sp³-hybridized carbons (Fsp3) is 0.538. The van der Waals surface area contributed by atoms with E-state index in [9.17, 15) is 0 Å². The molecule has 0 heterocycles. The van der Waals surface area contributed by atoms with Gasteiger partial charge in [-0.25, -0.2) is 0 Å². The quantitative estimate of drug-likeness (QED) is 0.427. The molecular weight excluding hydrogens is 218 g/mol. The summed E-state index contributed by atoms with van der Waals surface area (Å²) in [4.78, 5) is 1.27. The maximum Gasteiger partial charge on any atom is 0.0966 e. The lowest BCUT2D eigenvalue weighted by molar-refractivity contribution is 0.199. The summed E-state index contributed by atoms with van der Waals surface area (Å²) >= 11 is 1.74. The van der Waals surface area contributed by atoms with Crippen LogP contribution in [0.5, 0.6) is 0 Å². The van der Waals surface area contributed by atoms with E-state index in [2.05, 4.69) is 36.5 Å². The Morgan fingerprint density at radius 3 is 2.56 bits per heavy atom. The number of hydrogen-bond acceptors (Lipinski definition) is 3. The zero-order valence-electron chi connectivity index (χ0n) is 10.2. The standard InChI is InChI=1S/C13H21NOS/c1-3-9-14-10-12-5-7-13(8-6-12)16-11-15-4-2/h5-8,14H,3-4,9-11H2,1-2H3. The summed E-state index contributed by atoms with van der Waals surface area (Å²) < 4.78 is 5.30. The van der Waals surface area contributed by atoms with Gasteiger partial charge in [-0.1, -0.05) is 30.8 Å². The number of thioether (sulfide) groups is 1. The zero-order valence-corrected chi connectivity index (χ0v) is 11.0. The second-order valence-corrected chi connectivity index (χ2v) is 4.57. The molecule has 0 fully saturated rings. The van der Waals surface area contributed by atoms with E-state index in [1.807, 2.05) is 6.92 Å². The van der Waals surface area contributed by atoms with Crippen molar-refractivity contribution in [3.05, 3.63) is 29.8 Å². The van der Waals surface area contributed by atoms with E-state index in [0.717, 1.165) is 25.6 Å². The normalized spacial score (nSPS) is 10.6. The van der Waals surface area contributed by atoms with Crippen molar-refractivity contribution < 1.29 is 4.74 Å². The van der Waals surface area contributed by atoms with Crippen LogP contribution < -0.4 is 5.32 Å². The van der Waals surface area contributed by atoms with Crippen molar-refractivity contribution >= 4 is 11.8 Å². The minimum absolute atomic E-state index is 0.740. The molecule has 0 aromatic heterocycles. The van der Waals surface area contributed by atoms with Crippen LogP contribution in [-0.2, 0) is 11.3 Å². The Kier molecular flexibility index (Phi) is 7.30. The molecule has 16 heavy (non-hydrogen) atoms. The van der Waals surface area contributed by atoms with Gasteiger partial charge in [0.2, 0.25) is 0 Å². The van der Waals surface area contributed by atoms with Gasteiger partial charge in [0.1, 0.15) is 0 Å². The van der Waals surface area contributed by atoms with E-state index in [1.54, 1.807) is 11.8 Å². The van der Waals surface area contributed by atoms with Gasteiger partial charge in [-0.15, -0.1) is 0 Å². The van der Waals surface area contributed by atoms with Crippen molar-refractivity contribution in [3.63, 3.8) is 0 Å². The van der Waals surface area contributed by atoms with Crippen LogP contribution in [0.3, 0.4) is 0 Å². The lowest BCUT2D eigenvalue weighted by atomic mass is 10.2. The van der Waals surface area contributed by atoms with Crippen LogP contribution in [0.2, 0.25) is 0 Å². The summed E-state index contributed by atoms with van der Waals surface area (Å²) in [6, 6.07) is 8.67. The average Bonchev–Trinajstić information content (AvgIpc) is 2.32. The van der Waals surface area contributed by atoms with Gasteiger partial charge in [-0.3, -0.25) is 0 Å². The first-order valence-electron chi connectivity index (χ1n) is 5.87. The molecule has 1 rings (SSSR count). The van der Waals surface area contributed by atoms with Crippen LogP contribution in [-0.4, -0.2) is 19.1 Å². The summed E-state index contributed by atoms with van der Waals surface area (Å²) in [6.07, 6.45) is 1.18. The highest BCUT2D eigenvalue weighted by Crippen LogP contribution is 2.18. The van der Waals surface area contributed by atoms with Crippen LogP contribution in [0.25, 0.3) is 0 Å². The third-order valence-electron chi connectivity index (χ3n) is 2.19. The molecule has 0 aliphatic heterocycles. The Labute approximate surface area is 103 Å². The Balaban J connectivity index is 2.30. The van der Waals surface area contributed by atoms with E-state index in [-0.39, 0.29) is 0 Å². The van der Waals surface area contributed by atoms with Crippen LogP contribution in [0.15, 0.2) is 29.2 Å². The Morgan fingerprint density at radius 1 is 1.19 bits per heavy atom. The predicted molar refractivity (Wildman–Crippen MR) is 70.8 cm³/mol. The molecule has 0 radical (unpaired) electrons. The number of benzene rings is 1. The Bertz CT molecular complexity index is 245. The molecule has 0 amide bonds. The minimum Gasteiger partial charge on any atom is -0.371 e. The zero-order chi connectivity index (χ0) is 11.6. The molecule has 2 nitrogen and oxygen atoms in total. The van der Waals surface area contributed by atoms with E-state index in [4.69, 9.17) is 4.74 Å². The number of hydrogen-bond donors (Lipinski definition) is 1. The highest BCUT2D eigenvalue weighted by Gasteiger charge is 1.95. The van der Waals surface area contributed by atoms with Gasteiger partial charge >= 0.3 is 0 Å². The van der Waals surface area contributed by atoms with Crippen LogP contribution in [0.4, 0.5) is 0 Å². The smallest absolute Gasteiger partial charge is 0.0966 e. The van der Waals surface area contributed by atoms with Crippen molar-refractivity contribution in [2.24, 2.45) is 0 Å². The monoisotopic (exact) mass is 239 g/mol. The highest BCUT2D eigenvalue weighted by atomic mass is 32.2. The van der Waals surface area contributed by atoms with Gasteiger partial charge < -0.3 is 10.1 Å². The van der Waals surface area contributed by atoms with E-state index in [0.29, 0.717) is 0 Å². The van der Waals surface area contributed by atoms with Gasteiger partial charge in [0.05, 0.1) is 5.94 Å². The first kappa shape index (κ1) is 13.6. The van der Waals surface area contributed by atoms with Crippen molar-refractivity contribution in [2.75, 3.05) is 19.1 Å². The summed E-state index contributed by atoms with van der Waals surface area (Å²) in [5.74, 6) is 0.740. The largest absolute Gasteiger partial charge is 0.371 e. The van der Waals surface area contributed by atoms with Crippen molar-refractivity contribution in [2.45, 2.75) is 31.7 Å². The second kappa shape index (κ2) is 8.62. The summed E-state index contributed by atoms with van der Waals surface area (Å²) in [5.41, 5.74) is 1.34. The maximum atomic E-state index is 5.30. The molecule has 0 aliphatic rings. The molecule has 1 aromatic rings. The van der Waals surface area contributed by atoms with Crippen LogP contribution >= 0.6 is 11.8 Å². The minimum atomic E-state index is 0.740. The van der Waals surface area contributed by atoms with Gasteiger partial charge in [-0.2, -0.15) is 0 Å². The maximum absolute atomic E-state index is 5.30. The molecule has 1 aromatic carbocycles. The molecule has 0 spiro atoms. The summed E-state index contributed by atoms with van der Waals surface area (Å²) in [5, 5.41) is 3.39. The Hall–Kier alpha value is -0.510. The van der Waals surface area contributed by atoms with Crippen LogP contribution in [0.1, 0.15) is 25.8 Å². The van der Waals surface area contributed by atoms with E-state index < -0.39 is 0 Å². The average molecular weight is 239 g/mol. The molecular formula is C13H21NOS. The fourth-order valence-corrected chi connectivity index (χ4v) is 2.02. The lowest BCUT2D eigenvalue weighted by Gasteiger charge is -2.05.